The smallest absolute Gasteiger partial charge is 0.0478 e. The summed E-state index contributed by atoms with van der Waals surface area (Å²) in [5.74, 6) is 0.846. The molecule has 0 saturated carbocycles. The molecule has 3 heteroatoms. The topological polar surface area (TPSA) is 24.5 Å². The Morgan fingerprint density at radius 3 is 2.82 bits per heavy atom. The first kappa shape index (κ1) is 14.9. The van der Waals surface area contributed by atoms with Crippen LogP contribution in [0.3, 0.4) is 0 Å². The van der Waals surface area contributed by atoms with Gasteiger partial charge >= 0.3 is 0 Å². The molecule has 1 aliphatic heterocycles. The molecule has 1 fully saturated rings. The molecule has 1 rings (SSSR count). The Morgan fingerprint density at radius 2 is 2.24 bits per heavy atom. The summed E-state index contributed by atoms with van der Waals surface area (Å²) in [4.78, 5) is 2.61. The summed E-state index contributed by atoms with van der Waals surface area (Å²) in [6, 6.07) is 0.651. The van der Waals surface area contributed by atoms with Crippen molar-refractivity contribution in [3.63, 3.8) is 0 Å². The largest absolute Gasteiger partial charge is 0.382 e. The molecule has 1 unspecified atom stereocenters. The van der Waals surface area contributed by atoms with Gasteiger partial charge in [0.25, 0.3) is 0 Å². The maximum atomic E-state index is 5.41. The van der Waals surface area contributed by atoms with Gasteiger partial charge in [0.15, 0.2) is 0 Å². The second-order valence-electron chi connectivity index (χ2n) is 5.35. The summed E-state index contributed by atoms with van der Waals surface area (Å²) < 4.78 is 5.41. The predicted octanol–water partition coefficient (Wildman–Crippen LogP) is 2.12. The Hall–Kier alpha value is -0.120. The van der Waals surface area contributed by atoms with Gasteiger partial charge in [-0.25, -0.2) is 0 Å². The van der Waals surface area contributed by atoms with Gasteiger partial charge in [0.2, 0.25) is 0 Å². The van der Waals surface area contributed by atoms with Crippen molar-refractivity contribution in [3.8, 4) is 0 Å². The van der Waals surface area contributed by atoms with Gasteiger partial charge < -0.3 is 15.0 Å². The number of rotatable bonds is 8. The second kappa shape index (κ2) is 8.90. The van der Waals surface area contributed by atoms with E-state index in [2.05, 4.69) is 31.0 Å². The Labute approximate surface area is 107 Å². The van der Waals surface area contributed by atoms with Crippen molar-refractivity contribution in [2.45, 2.75) is 46.1 Å². The quantitative estimate of drug-likeness (QED) is 0.660. The standard InChI is InChI=1S/C14H30N2O/c1-4-17-10-6-9-16(13(2)3)12-14-7-5-8-15-11-14/h13-15H,4-12H2,1-3H3. The summed E-state index contributed by atoms with van der Waals surface area (Å²) >= 11 is 0. The Morgan fingerprint density at radius 1 is 1.41 bits per heavy atom. The van der Waals surface area contributed by atoms with E-state index in [1.54, 1.807) is 0 Å². The molecular formula is C14H30N2O. The molecule has 0 bridgehead atoms. The summed E-state index contributed by atoms with van der Waals surface area (Å²) in [6.07, 6.45) is 3.89. The lowest BCUT2D eigenvalue weighted by Crippen LogP contribution is -2.41. The molecule has 102 valence electrons. The minimum atomic E-state index is 0.651. The number of hydrogen-bond donors (Lipinski definition) is 1. The first-order chi connectivity index (χ1) is 8.24. The molecule has 0 amide bonds. The number of nitrogens with zero attached hydrogens (tertiary/aromatic N) is 1. The molecule has 1 heterocycles. The van der Waals surface area contributed by atoms with Crippen molar-refractivity contribution in [1.82, 2.24) is 10.2 Å². The van der Waals surface area contributed by atoms with Gasteiger partial charge in [-0.15, -0.1) is 0 Å². The monoisotopic (exact) mass is 242 g/mol. The number of nitrogens with one attached hydrogen (secondary N) is 1. The van der Waals surface area contributed by atoms with Crippen LogP contribution in [0.5, 0.6) is 0 Å². The number of ether oxygens (including phenoxy) is 1. The first-order valence-corrected chi connectivity index (χ1v) is 7.26. The van der Waals surface area contributed by atoms with Gasteiger partial charge in [-0.05, 0) is 59.0 Å². The van der Waals surface area contributed by atoms with Gasteiger partial charge in [0.05, 0.1) is 0 Å². The van der Waals surface area contributed by atoms with Gasteiger partial charge in [0.1, 0.15) is 0 Å². The molecule has 0 aromatic carbocycles. The lowest BCUT2D eigenvalue weighted by Gasteiger charge is -2.32. The molecule has 1 atom stereocenters. The Balaban J connectivity index is 2.21. The van der Waals surface area contributed by atoms with Crippen molar-refractivity contribution < 1.29 is 4.74 Å². The maximum Gasteiger partial charge on any atom is 0.0478 e. The van der Waals surface area contributed by atoms with Crippen LogP contribution in [0.1, 0.15) is 40.0 Å². The van der Waals surface area contributed by atoms with E-state index in [1.807, 2.05) is 0 Å². The first-order valence-electron chi connectivity index (χ1n) is 7.26. The molecular weight excluding hydrogens is 212 g/mol. The van der Waals surface area contributed by atoms with Crippen molar-refractivity contribution in [2.75, 3.05) is 39.4 Å². The van der Waals surface area contributed by atoms with E-state index in [0.29, 0.717) is 6.04 Å². The molecule has 1 aliphatic rings. The van der Waals surface area contributed by atoms with E-state index >= 15 is 0 Å². The zero-order valence-electron chi connectivity index (χ0n) is 11.9. The van der Waals surface area contributed by atoms with Crippen LogP contribution >= 0.6 is 0 Å². The zero-order chi connectivity index (χ0) is 12.5. The molecule has 0 radical (unpaired) electrons. The molecule has 17 heavy (non-hydrogen) atoms. The molecule has 1 saturated heterocycles. The molecule has 0 aromatic rings. The third kappa shape index (κ3) is 6.39. The van der Waals surface area contributed by atoms with Crippen molar-refractivity contribution in [1.29, 1.82) is 0 Å². The number of hydrogen-bond acceptors (Lipinski definition) is 3. The van der Waals surface area contributed by atoms with E-state index in [9.17, 15) is 0 Å². The average Bonchev–Trinajstić information content (AvgIpc) is 2.34. The van der Waals surface area contributed by atoms with Crippen LogP contribution in [0, 0.1) is 5.92 Å². The highest BCUT2D eigenvalue weighted by atomic mass is 16.5. The average molecular weight is 242 g/mol. The summed E-state index contributed by atoms with van der Waals surface area (Å²) in [6.45, 7) is 13.3. The molecule has 3 nitrogen and oxygen atoms in total. The Kier molecular flexibility index (Phi) is 7.82. The second-order valence-corrected chi connectivity index (χ2v) is 5.35. The van der Waals surface area contributed by atoms with E-state index in [1.165, 1.54) is 39.0 Å². The highest BCUT2D eigenvalue weighted by molar-refractivity contribution is 4.74. The van der Waals surface area contributed by atoms with Gasteiger partial charge in [-0.1, -0.05) is 0 Å². The van der Waals surface area contributed by atoms with E-state index in [0.717, 1.165) is 25.6 Å². The normalized spacial score (nSPS) is 21.4. The highest BCUT2D eigenvalue weighted by Crippen LogP contribution is 2.13. The fourth-order valence-electron chi connectivity index (χ4n) is 2.49. The van der Waals surface area contributed by atoms with Crippen LogP contribution in [0.25, 0.3) is 0 Å². The van der Waals surface area contributed by atoms with Gasteiger partial charge in [-0.3, -0.25) is 0 Å². The third-order valence-corrected chi connectivity index (χ3v) is 3.56. The van der Waals surface area contributed by atoms with Crippen molar-refractivity contribution >= 4 is 0 Å². The van der Waals surface area contributed by atoms with Crippen LogP contribution in [0.2, 0.25) is 0 Å². The SMILES string of the molecule is CCOCCCN(CC1CCCNC1)C(C)C. The maximum absolute atomic E-state index is 5.41. The zero-order valence-corrected chi connectivity index (χ0v) is 11.9. The molecule has 1 N–H and O–H groups in total. The van der Waals surface area contributed by atoms with Crippen molar-refractivity contribution in [2.24, 2.45) is 5.92 Å². The lowest BCUT2D eigenvalue weighted by atomic mass is 9.98. The third-order valence-electron chi connectivity index (χ3n) is 3.56. The predicted molar refractivity (Wildman–Crippen MR) is 73.4 cm³/mol. The van der Waals surface area contributed by atoms with Crippen molar-refractivity contribution in [3.05, 3.63) is 0 Å². The summed E-state index contributed by atoms with van der Waals surface area (Å²) in [5, 5.41) is 3.50. The van der Waals surface area contributed by atoms with Crippen LogP contribution in [0.15, 0.2) is 0 Å². The highest BCUT2D eigenvalue weighted by Gasteiger charge is 2.18. The Bertz CT molecular complexity index is 179. The molecule has 0 aromatic heterocycles. The van der Waals surface area contributed by atoms with E-state index < -0.39 is 0 Å². The van der Waals surface area contributed by atoms with Crippen LogP contribution in [-0.4, -0.2) is 50.3 Å². The fraction of sp³-hybridized carbons (Fsp3) is 1.00. The van der Waals surface area contributed by atoms with Gasteiger partial charge in [0, 0.05) is 32.3 Å². The summed E-state index contributed by atoms with van der Waals surface area (Å²) in [5.41, 5.74) is 0. The lowest BCUT2D eigenvalue weighted by molar-refractivity contribution is 0.115. The van der Waals surface area contributed by atoms with E-state index in [-0.39, 0.29) is 0 Å². The number of piperidine rings is 1. The molecule has 0 spiro atoms. The van der Waals surface area contributed by atoms with Crippen LogP contribution < -0.4 is 5.32 Å². The van der Waals surface area contributed by atoms with Crippen LogP contribution in [0.4, 0.5) is 0 Å². The summed E-state index contributed by atoms with van der Waals surface area (Å²) in [7, 11) is 0. The van der Waals surface area contributed by atoms with Crippen LogP contribution in [-0.2, 0) is 4.74 Å². The minimum Gasteiger partial charge on any atom is -0.382 e. The molecule has 0 aliphatic carbocycles. The minimum absolute atomic E-state index is 0.651. The fourth-order valence-corrected chi connectivity index (χ4v) is 2.49. The van der Waals surface area contributed by atoms with E-state index in [4.69, 9.17) is 4.74 Å². The van der Waals surface area contributed by atoms with Gasteiger partial charge in [-0.2, -0.15) is 0 Å².